The van der Waals surface area contributed by atoms with Gasteiger partial charge in [-0.05, 0) is 46.1 Å². The number of benzene rings is 1. The highest BCUT2D eigenvalue weighted by Gasteiger charge is 2.52. The Labute approximate surface area is 154 Å². The van der Waals surface area contributed by atoms with E-state index in [2.05, 4.69) is 0 Å². The predicted molar refractivity (Wildman–Crippen MR) is 99.4 cm³/mol. The Balaban J connectivity index is 1.83. The lowest BCUT2D eigenvalue weighted by atomic mass is 9.77. The first kappa shape index (κ1) is 19.2. The molecule has 5 nitrogen and oxygen atoms in total. The maximum Gasteiger partial charge on any atom is 0.497 e. The van der Waals surface area contributed by atoms with Gasteiger partial charge in [0.2, 0.25) is 0 Å². The molecule has 0 saturated carbocycles. The second kappa shape index (κ2) is 6.53. The van der Waals surface area contributed by atoms with Crippen molar-refractivity contribution in [3.63, 3.8) is 0 Å². The van der Waals surface area contributed by atoms with Gasteiger partial charge in [-0.3, -0.25) is 4.90 Å². The molecule has 142 valence electrons. The van der Waals surface area contributed by atoms with Crippen molar-refractivity contribution < 1.29 is 23.2 Å². The molecular formula is C19H27BFNO4. The number of amides is 1. The second-order valence-electron chi connectivity index (χ2n) is 8.43. The number of rotatable bonds is 3. The number of carbonyl (C=O) groups excluding carboxylic acids is 1. The summed E-state index contributed by atoms with van der Waals surface area (Å²) in [5.41, 5.74) is 0.390. The lowest BCUT2D eigenvalue weighted by Crippen LogP contribution is -2.41. The fourth-order valence-electron chi connectivity index (χ4n) is 3.12. The Bertz CT molecular complexity index is 704. The molecule has 1 amide bonds. The number of hydrogen-bond acceptors (Lipinski definition) is 4. The third-order valence-electron chi connectivity index (χ3n) is 5.39. The Morgan fingerprint density at radius 1 is 1.27 bits per heavy atom. The van der Waals surface area contributed by atoms with Crippen LogP contribution in [0.3, 0.4) is 0 Å². The molecule has 0 aromatic heterocycles. The number of hydrogen-bond donors (Lipinski definition) is 0. The summed E-state index contributed by atoms with van der Waals surface area (Å²) in [4.78, 5) is 13.8. The SMILES string of the molecule is CC(C)COC(=O)N1CCc2c1ccc(B1OC(C)(C)C(C)(C)O1)c2F. The molecule has 0 atom stereocenters. The third kappa shape index (κ3) is 3.23. The fourth-order valence-corrected chi connectivity index (χ4v) is 3.12. The van der Waals surface area contributed by atoms with Crippen molar-refractivity contribution in [3.05, 3.63) is 23.5 Å². The Kier molecular flexibility index (Phi) is 4.82. The topological polar surface area (TPSA) is 48.0 Å². The monoisotopic (exact) mass is 363 g/mol. The van der Waals surface area contributed by atoms with Gasteiger partial charge in [-0.1, -0.05) is 19.9 Å². The van der Waals surface area contributed by atoms with Crippen LogP contribution in [0.2, 0.25) is 0 Å². The molecule has 0 radical (unpaired) electrons. The van der Waals surface area contributed by atoms with Crippen LogP contribution in [0.1, 0.15) is 47.1 Å². The fraction of sp³-hybridized carbons (Fsp3) is 0.632. The van der Waals surface area contributed by atoms with E-state index in [0.29, 0.717) is 36.3 Å². The standard InChI is InChI=1S/C19H27BFNO4/c1-12(2)11-24-17(23)22-10-9-13-15(22)8-7-14(16(13)21)20-25-18(3,4)19(5,6)26-20/h7-8,12H,9-11H2,1-6H3. The zero-order valence-corrected chi connectivity index (χ0v) is 16.4. The molecule has 3 rings (SSSR count). The quantitative estimate of drug-likeness (QED) is 0.774. The molecule has 1 saturated heterocycles. The summed E-state index contributed by atoms with van der Waals surface area (Å²) in [5, 5.41) is 0. The molecule has 0 N–H and O–H groups in total. The molecule has 1 aromatic carbocycles. The van der Waals surface area contributed by atoms with Gasteiger partial charge in [-0.2, -0.15) is 0 Å². The van der Waals surface area contributed by atoms with E-state index in [4.69, 9.17) is 14.0 Å². The average molecular weight is 363 g/mol. The van der Waals surface area contributed by atoms with E-state index in [-0.39, 0.29) is 11.7 Å². The molecule has 0 aliphatic carbocycles. The highest BCUT2D eigenvalue weighted by Crippen LogP contribution is 2.37. The summed E-state index contributed by atoms with van der Waals surface area (Å²) in [6.07, 6.45) is 0.0194. The van der Waals surface area contributed by atoms with Gasteiger partial charge < -0.3 is 14.0 Å². The lowest BCUT2D eigenvalue weighted by Gasteiger charge is -2.32. The Morgan fingerprint density at radius 2 is 1.88 bits per heavy atom. The van der Waals surface area contributed by atoms with Gasteiger partial charge in [-0.15, -0.1) is 0 Å². The van der Waals surface area contributed by atoms with Crippen molar-refractivity contribution in [3.8, 4) is 0 Å². The van der Waals surface area contributed by atoms with E-state index in [1.165, 1.54) is 4.90 Å². The van der Waals surface area contributed by atoms with Crippen molar-refractivity contribution in [2.45, 2.75) is 59.2 Å². The maximum absolute atomic E-state index is 15.1. The smallest absolute Gasteiger partial charge is 0.449 e. The van der Waals surface area contributed by atoms with Crippen LogP contribution in [0.4, 0.5) is 14.9 Å². The number of halogens is 1. The summed E-state index contributed by atoms with van der Waals surface area (Å²) in [5.74, 6) is -0.108. The van der Waals surface area contributed by atoms with E-state index >= 15 is 4.39 Å². The van der Waals surface area contributed by atoms with Crippen LogP contribution < -0.4 is 10.4 Å². The Hall–Kier alpha value is -1.60. The molecule has 7 heteroatoms. The second-order valence-corrected chi connectivity index (χ2v) is 8.43. The highest BCUT2D eigenvalue weighted by atomic mass is 19.1. The van der Waals surface area contributed by atoms with Gasteiger partial charge in [0.15, 0.2) is 0 Å². The number of nitrogens with zero attached hydrogens (tertiary/aromatic N) is 1. The third-order valence-corrected chi connectivity index (χ3v) is 5.39. The number of anilines is 1. The zero-order valence-electron chi connectivity index (χ0n) is 16.4. The van der Waals surface area contributed by atoms with Crippen molar-refractivity contribution in [2.75, 3.05) is 18.1 Å². The first-order valence-electron chi connectivity index (χ1n) is 9.14. The van der Waals surface area contributed by atoms with Gasteiger partial charge in [0.05, 0.1) is 23.5 Å². The van der Waals surface area contributed by atoms with Crippen molar-refractivity contribution >= 4 is 24.4 Å². The summed E-state index contributed by atoms with van der Waals surface area (Å²) in [7, 11) is -0.757. The van der Waals surface area contributed by atoms with E-state index in [1.807, 2.05) is 41.5 Å². The summed E-state index contributed by atoms with van der Waals surface area (Å²) in [6.45, 7) is 12.4. The average Bonchev–Trinajstić information content (AvgIpc) is 3.04. The summed E-state index contributed by atoms with van der Waals surface area (Å²) in [6, 6.07) is 3.40. The van der Waals surface area contributed by atoms with Gasteiger partial charge in [0, 0.05) is 17.6 Å². The molecule has 26 heavy (non-hydrogen) atoms. The van der Waals surface area contributed by atoms with Gasteiger partial charge in [-0.25, -0.2) is 9.18 Å². The maximum atomic E-state index is 15.1. The molecule has 1 aromatic rings. The first-order chi connectivity index (χ1) is 12.0. The van der Waals surface area contributed by atoms with E-state index in [9.17, 15) is 4.79 Å². The molecule has 0 spiro atoms. The summed E-state index contributed by atoms with van der Waals surface area (Å²) < 4.78 is 32.4. The lowest BCUT2D eigenvalue weighted by molar-refractivity contribution is 0.00578. The normalized spacial score (nSPS) is 20.6. The molecule has 0 bridgehead atoms. The first-order valence-corrected chi connectivity index (χ1v) is 9.14. The highest BCUT2D eigenvalue weighted by molar-refractivity contribution is 6.62. The predicted octanol–water partition coefficient (Wildman–Crippen LogP) is 3.28. The molecule has 0 unspecified atom stereocenters. The van der Waals surface area contributed by atoms with Crippen LogP contribution in [-0.4, -0.2) is 37.6 Å². The van der Waals surface area contributed by atoms with Crippen LogP contribution in [0.5, 0.6) is 0 Å². The van der Waals surface area contributed by atoms with E-state index < -0.39 is 24.4 Å². The van der Waals surface area contributed by atoms with Crippen LogP contribution in [0.15, 0.2) is 12.1 Å². The number of ether oxygens (including phenoxy) is 1. The van der Waals surface area contributed by atoms with Crippen LogP contribution in [0.25, 0.3) is 0 Å². The van der Waals surface area contributed by atoms with Crippen LogP contribution in [0, 0.1) is 11.7 Å². The van der Waals surface area contributed by atoms with Crippen molar-refractivity contribution in [1.29, 1.82) is 0 Å². The zero-order chi connectivity index (χ0) is 19.3. The molecule has 2 aliphatic rings. The molecular weight excluding hydrogens is 336 g/mol. The largest absolute Gasteiger partial charge is 0.497 e. The van der Waals surface area contributed by atoms with E-state index in [1.54, 1.807) is 12.1 Å². The van der Waals surface area contributed by atoms with Gasteiger partial charge in [0.1, 0.15) is 5.82 Å². The van der Waals surface area contributed by atoms with Gasteiger partial charge in [0.25, 0.3) is 0 Å². The molecule has 1 fully saturated rings. The van der Waals surface area contributed by atoms with Crippen molar-refractivity contribution in [2.24, 2.45) is 5.92 Å². The minimum atomic E-state index is -0.757. The van der Waals surface area contributed by atoms with Crippen molar-refractivity contribution in [1.82, 2.24) is 0 Å². The van der Waals surface area contributed by atoms with Crippen LogP contribution >= 0.6 is 0 Å². The number of fused-ring (bicyclic) bond motifs is 1. The van der Waals surface area contributed by atoms with Gasteiger partial charge >= 0.3 is 13.2 Å². The van der Waals surface area contributed by atoms with Crippen LogP contribution in [-0.2, 0) is 20.5 Å². The number of carbonyl (C=O) groups is 1. The Morgan fingerprint density at radius 3 is 2.46 bits per heavy atom. The molecule has 2 heterocycles. The minimum absolute atomic E-state index is 0.253. The minimum Gasteiger partial charge on any atom is -0.449 e. The molecule has 2 aliphatic heterocycles. The summed E-state index contributed by atoms with van der Waals surface area (Å²) >= 11 is 0. The van der Waals surface area contributed by atoms with E-state index in [0.717, 1.165) is 0 Å².